The number of nitrogens with zero attached hydrogens (tertiary/aromatic N) is 3. The fraction of sp³-hybridized carbons (Fsp3) is 0.714. The third-order valence-corrected chi connectivity index (χ3v) is 5.46. The van der Waals surface area contributed by atoms with Gasteiger partial charge >= 0.3 is 0 Å². The standard InChI is InChI=1S/C21H35N3O/c1-14(2)18-8-10-19(11-9-18)25-21-16(5)12-20(17(6)23-21)22-13-24(7)15(3)4/h12-15,18-19H,8-11H2,1-7H3. The summed E-state index contributed by atoms with van der Waals surface area (Å²) in [5.41, 5.74) is 2.90. The minimum atomic E-state index is 0.307. The van der Waals surface area contributed by atoms with Crippen LogP contribution in [0.5, 0.6) is 5.88 Å². The molecule has 0 N–H and O–H groups in total. The number of pyridine rings is 1. The van der Waals surface area contributed by atoms with Crippen LogP contribution < -0.4 is 4.74 Å². The van der Waals surface area contributed by atoms with E-state index in [2.05, 4.69) is 55.6 Å². The first-order chi connectivity index (χ1) is 11.8. The summed E-state index contributed by atoms with van der Waals surface area (Å²) in [6, 6.07) is 2.52. The van der Waals surface area contributed by atoms with E-state index >= 15 is 0 Å². The number of rotatable bonds is 6. The molecule has 0 aromatic carbocycles. The van der Waals surface area contributed by atoms with Gasteiger partial charge in [0.05, 0.1) is 17.7 Å². The van der Waals surface area contributed by atoms with Crippen molar-refractivity contribution < 1.29 is 4.74 Å². The Hall–Kier alpha value is -1.58. The lowest BCUT2D eigenvalue weighted by atomic mass is 9.80. The van der Waals surface area contributed by atoms with Crippen molar-refractivity contribution in [2.45, 2.75) is 79.4 Å². The van der Waals surface area contributed by atoms with Crippen molar-refractivity contribution in [2.24, 2.45) is 16.8 Å². The number of aliphatic imine (C=N–C) groups is 1. The van der Waals surface area contributed by atoms with Crippen LogP contribution in [0.25, 0.3) is 0 Å². The Balaban J connectivity index is 2.02. The van der Waals surface area contributed by atoms with Crippen LogP contribution in [0.1, 0.15) is 64.6 Å². The van der Waals surface area contributed by atoms with Crippen molar-refractivity contribution in [2.75, 3.05) is 7.05 Å². The Kier molecular flexibility index (Phi) is 6.86. The van der Waals surface area contributed by atoms with Gasteiger partial charge in [0.2, 0.25) is 5.88 Å². The van der Waals surface area contributed by atoms with Crippen LogP contribution in [0, 0.1) is 25.7 Å². The average Bonchev–Trinajstić information content (AvgIpc) is 2.56. The monoisotopic (exact) mass is 345 g/mol. The zero-order valence-electron chi connectivity index (χ0n) is 17.0. The zero-order chi connectivity index (χ0) is 18.6. The zero-order valence-corrected chi connectivity index (χ0v) is 17.0. The number of aryl methyl sites for hydroxylation is 2. The Morgan fingerprint density at radius 2 is 1.80 bits per heavy atom. The molecule has 1 aliphatic carbocycles. The lowest BCUT2D eigenvalue weighted by Gasteiger charge is -2.31. The van der Waals surface area contributed by atoms with Gasteiger partial charge in [-0.25, -0.2) is 9.98 Å². The minimum Gasteiger partial charge on any atom is -0.474 e. The van der Waals surface area contributed by atoms with Crippen molar-refractivity contribution in [3.05, 3.63) is 17.3 Å². The van der Waals surface area contributed by atoms with Crippen molar-refractivity contribution in [3.63, 3.8) is 0 Å². The van der Waals surface area contributed by atoms with E-state index in [-0.39, 0.29) is 0 Å². The molecule has 2 rings (SSSR count). The van der Waals surface area contributed by atoms with Crippen LogP contribution in [0.2, 0.25) is 0 Å². The predicted octanol–water partition coefficient (Wildman–Crippen LogP) is 5.29. The van der Waals surface area contributed by atoms with E-state index in [1.54, 1.807) is 0 Å². The molecule has 0 amide bonds. The number of hydrogen-bond donors (Lipinski definition) is 0. The molecule has 4 heteroatoms. The van der Waals surface area contributed by atoms with Crippen LogP contribution in [0.4, 0.5) is 5.69 Å². The molecule has 0 aliphatic heterocycles. The van der Waals surface area contributed by atoms with Gasteiger partial charge in [0.1, 0.15) is 6.10 Å². The Morgan fingerprint density at radius 3 is 2.36 bits per heavy atom. The Bertz CT molecular complexity index is 587. The first kappa shape index (κ1) is 19.7. The second kappa shape index (κ2) is 8.68. The first-order valence-corrected chi connectivity index (χ1v) is 9.69. The van der Waals surface area contributed by atoms with Gasteiger partial charge in [0, 0.05) is 18.7 Å². The summed E-state index contributed by atoms with van der Waals surface area (Å²) in [5.74, 6) is 2.41. The van der Waals surface area contributed by atoms with E-state index < -0.39 is 0 Å². The van der Waals surface area contributed by atoms with Gasteiger partial charge in [-0.15, -0.1) is 0 Å². The van der Waals surface area contributed by atoms with Crippen LogP contribution in [0.15, 0.2) is 11.1 Å². The molecule has 1 aromatic heterocycles. The summed E-state index contributed by atoms with van der Waals surface area (Å²) in [6.45, 7) is 13.0. The highest BCUT2D eigenvalue weighted by atomic mass is 16.5. The highest BCUT2D eigenvalue weighted by molar-refractivity contribution is 5.63. The Labute approximate surface area is 153 Å². The third-order valence-electron chi connectivity index (χ3n) is 5.46. The lowest BCUT2D eigenvalue weighted by Crippen LogP contribution is -2.26. The first-order valence-electron chi connectivity index (χ1n) is 9.69. The maximum atomic E-state index is 6.24. The number of aromatic nitrogens is 1. The van der Waals surface area contributed by atoms with Gasteiger partial charge in [-0.3, -0.25) is 0 Å². The lowest BCUT2D eigenvalue weighted by molar-refractivity contribution is 0.111. The smallest absolute Gasteiger partial charge is 0.216 e. The van der Waals surface area contributed by atoms with E-state index in [0.717, 1.165) is 47.5 Å². The van der Waals surface area contributed by atoms with E-state index in [1.807, 2.05) is 20.3 Å². The van der Waals surface area contributed by atoms with E-state index in [9.17, 15) is 0 Å². The predicted molar refractivity (Wildman–Crippen MR) is 106 cm³/mol. The molecule has 0 atom stereocenters. The van der Waals surface area contributed by atoms with Crippen LogP contribution in [0.3, 0.4) is 0 Å². The van der Waals surface area contributed by atoms with Crippen molar-refractivity contribution in [1.82, 2.24) is 9.88 Å². The molecule has 0 radical (unpaired) electrons. The summed E-state index contributed by atoms with van der Waals surface area (Å²) in [7, 11) is 2.04. The normalized spacial score (nSPS) is 21.3. The maximum Gasteiger partial charge on any atom is 0.216 e. The van der Waals surface area contributed by atoms with Gasteiger partial charge in [-0.2, -0.15) is 0 Å². The molecule has 0 unspecified atom stereocenters. The van der Waals surface area contributed by atoms with Crippen molar-refractivity contribution in [1.29, 1.82) is 0 Å². The highest BCUT2D eigenvalue weighted by Crippen LogP contribution is 2.33. The van der Waals surface area contributed by atoms with Gasteiger partial charge in [-0.05, 0) is 71.3 Å². The van der Waals surface area contributed by atoms with Crippen LogP contribution >= 0.6 is 0 Å². The van der Waals surface area contributed by atoms with E-state index in [1.165, 1.54) is 12.8 Å². The van der Waals surface area contributed by atoms with Gasteiger partial charge in [0.25, 0.3) is 0 Å². The fourth-order valence-corrected chi connectivity index (χ4v) is 3.24. The number of hydrogen-bond acceptors (Lipinski definition) is 3. The maximum absolute atomic E-state index is 6.24. The third kappa shape index (κ3) is 5.45. The molecular formula is C21H35N3O. The van der Waals surface area contributed by atoms with Crippen molar-refractivity contribution >= 4 is 12.0 Å². The van der Waals surface area contributed by atoms with Gasteiger partial charge in [0.15, 0.2) is 0 Å². The highest BCUT2D eigenvalue weighted by Gasteiger charge is 2.25. The molecule has 4 nitrogen and oxygen atoms in total. The summed E-state index contributed by atoms with van der Waals surface area (Å²) in [6.07, 6.45) is 7.00. The fourth-order valence-electron chi connectivity index (χ4n) is 3.24. The van der Waals surface area contributed by atoms with Crippen LogP contribution in [-0.2, 0) is 0 Å². The molecule has 1 heterocycles. The number of ether oxygens (including phenoxy) is 1. The molecule has 1 aromatic rings. The van der Waals surface area contributed by atoms with Crippen LogP contribution in [-0.4, -0.2) is 35.4 Å². The summed E-state index contributed by atoms with van der Waals surface area (Å²) >= 11 is 0. The minimum absolute atomic E-state index is 0.307. The molecule has 25 heavy (non-hydrogen) atoms. The molecule has 1 saturated carbocycles. The average molecular weight is 346 g/mol. The molecule has 1 fully saturated rings. The molecule has 0 bridgehead atoms. The second-order valence-corrected chi connectivity index (χ2v) is 8.12. The van der Waals surface area contributed by atoms with E-state index in [4.69, 9.17) is 4.74 Å². The summed E-state index contributed by atoms with van der Waals surface area (Å²) in [5, 5.41) is 0. The second-order valence-electron chi connectivity index (χ2n) is 8.12. The topological polar surface area (TPSA) is 37.7 Å². The van der Waals surface area contributed by atoms with Gasteiger partial charge < -0.3 is 9.64 Å². The van der Waals surface area contributed by atoms with Gasteiger partial charge in [-0.1, -0.05) is 13.8 Å². The van der Waals surface area contributed by atoms with Crippen molar-refractivity contribution in [3.8, 4) is 5.88 Å². The molecule has 0 saturated heterocycles. The Morgan fingerprint density at radius 1 is 1.16 bits per heavy atom. The molecule has 0 spiro atoms. The quantitative estimate of drug-likeness (QED) is 0.519. The SMILES string of the molecule is Cc1cc(N=CN(C)C(C)C)c(C)nc1OC1CCC(C(C)C)CC1. The largest absolute Gasteiger partial charge is 0.474 e. The summed E-state index contributed by atoms with van der Waals surface area (Å²) in [4.78, 5) is 11.4. The summed E-state index contributed by atoms with van der Waals surface area (Å²) < 4.78 is 6.24. The molecule has 1 aliphatic rings. The molecule has 140 valence electrons. The van der Waals surface area contributed by atoms with E-state index in [0.29, 0.717) is 12.1 Å². The molecular weight excluding hydrogens is 310 g/mol.